The van der Waals surface area contributed by atoms with E-state index in [1.165, 1.54) is 7.11 Å². The van der Waals surface area contributed by atoms with Gasteiger partial charge in [-0.1, -0.05) is 24.3 Å². The summed E-state index contributed by atoms with van der Waals surface area (Å²) in [6.45, 7) is 0. The van der Waals surface area contributed by atoms with Crippen molar-refractivity contribution in [2.24, 2.45) is 0 Å². The molecule has 0 fully saturated rings. The van der Waals surface area contributed by atoms with Crippen molar-refractivity contribution in [3.8, 4) is 0 Å². The van der Waals surface area contributed by atoms with Crippen molar-refractivity contribution in [3.05, 3.63) is 66.0 Å². The molecule has 0 spiro atoms. The van der Waals surface area contributed by atoms with Gasteiger partial charge in [-0.05, 0) is 42.2 Å². The lowest BCUT2D eigenvalue weighted by Crippen LogP contribution is -1.99. The van der Waals surface area contributed by atoms with E-state index in [2.05, 4.69) is 15.8 Å². The third-order valence-corrected chi connectivity index (χ3v) is 3.36. The maximum Gasteiger partial charge on any atom is 0.305 e. The average Bonchev–Trinajstić information content (AvgIpc) is 2.56. The molecular formula is C18H20N2O2. The number of carbonyl (C=O) groups excluding carboxylic acids is 1. The van der Waals surface area contributed by atoms with Gasteiger partial charge in [0.2, 0.25) is 0 Å². The highest BCUT2D eigenvalue weighted by Gasteiger charge is 2.05. The van der Waals surface area contributed by atoms with Gasteiger partial charge in [-0.3, -0.25) is 9.78 Å². The zero-order valence-electron chi connectivity index (χ0n) is 12.7. The number of allylic oxidation sites excluding steroid dienone is 1. The number of unbranched alkanes of at least 4 members (excludes halogenated alkanes) is 1. The van der Waals surface area contributed by atoms with Gasteiger partial charge in [0.05, 0.1) is 7.11 Å². The summed E-state index contributed by atoms with van der Waals surface area (Å²) in [6, 6.07) is 11.7. The van der Waals surface area contributed by atoms with Gasteiger partial charge in [0.1, 0.15) is 0 Å². The van der Waals surface area contributed by atoms with E-state index in [4.69, 9.17) is 5.73 Å². The molecule has 0 amide bonds. The lowest BCUT2D eigenvalue weighted by molar-refractivity contribution is -0.140. The SMILES string of the molecule is COC(=O)CCC/C=C(/c1ccc(N)cc1)c1cccnc1. The molecule has 1 heterocycles. The van der Waals surface area contributed by atoms with Crippen LogP contribution in [0.25, 0.3) is 5.57 Å². The molecule has 0 aliphatic rings. The summed E-state index contributed by atoms with van der Waals surface area (Å²) in [5, 5.41) is 0. The molecule has 0 saturated heterocycles. The predicted molar refractivity (Wildman–Crippen MR) is 88.0 cm³/mol. The molecule has 0 saturated carbocycles. The minimum Gasteiger partial charge on any atom is -0.469 e. The first-order valence-corrected chi connectivity index (χ1v) is 7.24. The number of aromatic nitrogens is 1. The van der Waals surface area contributed by atoms with Crippen molar-refractivity contribution in [2.45, 2.75) is 19.3 Å². The summed E-state index contributed by atoms with van der Waals surface area (Å²) in [5.41, 5.74) is 9.71. The minimum absolute atomic E-state index is 0.177. The second kappa shape index (κ2) is 7.98. The zero-order valence-corrected chi connectivity index (χ0v) is 12.7. The van der Waals surface area contributed by atoms with Crippen LogP contribution < -0.4 is 5.73 Å². The maximum absolute atomic E-state index is 11.2. The van der Waals surface area contributed by atoms with Gasteiger partial charge in [-0.2, -0.15) is 0 Å². The molecule has 114 valence electrons. The zero-order chi connectivity index (χ0) is 15.8. The molecule has 0 aliphatic carbocycles. The van der Waals surface area contributed by atoms with Crippen molar-refractivity contribution < 1.29 is 9.53 Å². The van der Waals surface area contributed by atoms with E-state index in [0.29, 0.717) is 6.42 Å². The van der Waals surface area contributed by atoms with E-state index in [0.717, 1.165) is 35.2 Å². The van der Waals surface area contributed by atoms with Crippen LogP contribution in [0, 0.1) is 0 Å². The highest BCUT2D eigenvalue weighted by atomic mass is 16.5. The number of carbonyl (C=O) groups is 1. The first kappa shape index (κ1) is 15.8. The second-order valence-electron chi connectivity index (χ2n) is 4.95. The number of methoxy groups -OCH3 is 1. The molecule has 4 nitrogen and oxygen atoms in total. The summed E-state index contributed by atoms with van der Waals surface area (Å²) in [6.07, 6.45) is 7.69. The highest BCUT2D eigenvalue weighted by molar-refractivity contribution is 5.80. The van der Waals surface area contributed by atoms with Gasteiger partial charge in [-0.25, -0.2) is 0 Å². The van der Waals surface area contributed by atoms with Crippen LogP contribution in [0.15, 0.2) is 54.9 Å². The van der Waals surface area contributed by atoms with Crippen LogP contribution in [0.2, 0.25) is 0 Å². The Morgan fingerprint density at radius 3 is 2.64 bits per heavy atom. The Hall–Kier alpha value is -2.62. The Morgan fingerprint density at radius 1 is 1.23 bits per heavy atom. The molecule has 22 heavy (non-hydrogen) atoms. The molecule has 2 aromatic rings. The monoisotopic (exact) mass is 296 g/mol. The van der Waals surface area contributed by atoms with Crippen molar-refractivity contribution in [1.29, 1.82) is 0 Å². The Bertz CT molecular complexity index is 634. The Kier molecular flexibility index (Phi) is 5.72. The number of hydrogen-bond acceptors (Lipinski definition) is 4. The standard InChI is InChI=1S/C18H20N2O2/c1-22-18(21)7-3-2-6-17(15-5-4-12-20-13-15)14-8-10-16(19)11-9-14/h4-6,8-13H,2-3,7,19H2,1H3/b17-6-. The van der Waals surface area contributed by atoms with Gasteiger partial charge >= 0.3 is 5.97 Å². The molecule has 1 aromatic heterocycles. The van der Waals surface area contributed by atoms with Crippen molar-refractivity contribution in [1.82, 2.24) is 4.98 Å². The number of ether oxygens (including phenoxy) is 1. The summed E-state index contributed by atoms with van der Waals surface area (Å²) >= 11 is 0. The minimum atomic E-state index is -0.177. The maximum atomic E-state index is 11.2. The fourth-order valence-electron chi connectivity index (χ4n) is 2.18. The highest BCUT2D eigenvalue weighted by Crippen LogP contribution is 2.24. The molecule has 1 aromatic carbocycles. The molecule has 0 bridgehead atoms. The molecule has 2 rings (SSSR count). The summed E-state index contributed by atoms with van der Waals surface area (Å²) < 4.78 is 4.66. The van der Waals surface area contributed by atoms with Gasteiger partial charge in [0.15, 0.2) is 0 Å². The van der Waals surface area contributed by atoms with Crippen LogP contribution in [0.3, 0.4) is 0 Å². The number of nitrogens with two attached hydrogens (primary N) is 1. The number of pyridine rings is 1. The quantitative estimate of drug-likeness (QED) is 0.504. The third-order valence-electron chi connectivity index (χ3n) is 3.36. The van der Waals surface area contributed by atoms with Gasteiger partial charge in [-0.15, -0.1) is 0 Å². The number of nitrogens with zero attached hydrogens (tertiary/aromatic N) is 1. The summed E-state index contributed by atoms with van der Waals surface area (Å²) in [7, 11) is 1.41. The Balaban J connectivity index is 2.18. The van der Waals surface area contributed by atoms with Crippen LogP contribution in [0.5, 0.6) is 0 Å². The summed E-state index contributed by atoms with van der Waals surface area (Å²) in [4.78, 5) is 15.3. The molecule has 0 aliphatic heterocycles. The first-order chi connectivity index (χ1) is 10.7. The number of esters is 1. The van der Waals surface area contributed by atoms with Gasteiger partial charge in [0, 0.05) is 30.1 Å². The normalized spacial score (nSPS) is 11.2. The van der Waals surface area contributed by atoms with Crippen LogP contribution in [0.4, 0.5) is 5.69 Å². The van der Waals surface area contributed by atoms with E-state index in [-0.39, 0.29) is 5.97 Å². The largest absolute Gasteiger partial charge is 0.469 e. The number of hydrogen-bond donors (Lipinski definition) is 1. The van der Waals surface area contributed by atoms with E-state index < -0.39 is 0 Å². The predicted octanol–water partition coefficient (Wildman–Crippen LogP) is 3.44. The molecule has 0 atom stereocenters. The fraction of sp³-hybridized carbons (Fsp3) is 0.222. The first-order valence-electron chi connectivity index (χ1n) is 7.24. The van der Waals surface area contributed by atoms with E-state index in [9.17, 15) is 4.79 Å². The van der Waals surface area contributed by atoms with E-state index in [1.807, 2.05) is 42.6 Å². The number of rotatable bonds is 6. The average molecular weight is 296 g/mol. The molecule has 0 unspecified atom stereocenters. The second-order valence-corrected chi connectivity index (χ2v) is 4.95. The van der Waals surface area contributed by atoms with Gasteiger partial charge in [0.25, 0.3) is 0 Å². The molecule has 2 N–H and O–H groups in total. The van der Waals surface area contributed by atoms with Crippen LogP contribution in [-0.2, 0) is 9.53 Å². The lowest BCUT2D eigenvalue weighted by atomic mass is 9.97. The fourth-order valence-corrected chi connectivity index (χ4v) is 2.18. The van der Waals surface area contributed by atoms with Crippen molar-refractivity contribution >= 4 is 17.2 Å². The topological polar surface area (TPSA) is 65.2 Å². The summed E-state index contributed by atoms with van der Waals surface area (Å²) in [5.74, 6) is -0.177. The smallest absolute Gasteiger partial charge is 0.305 e. The number of anilines is 1. The van der Waals surface area contributed by atoms with E-state index >= 15 is 0 Å². The Morgan fingerprint density at radius 2 is 2.00 bits per heavy atom. The van der Waals surface area contributed by atoms with Crippen LogP contribution >= 0.6 is 0 Å². The molecule has 4 heteroatoms. The third kappa shape index (κ3) is 4.45. The number of benzene rings is 1. The van der Waals surface area contributed by atoms with Crippen LogP contribution in [0.1, 0.15) is 30.4 Å². The lowest BCUT2D eigenvalue weighted by Gasteiger charge is -2.09. The molecule has 0 radical (unpaired) electrons. The van der Waals surface area contributed by atoms with Crippen molar-refractivity contribution in [3.63, 3.8) is 0 Å². The molecular weight excluding hydrogens is 276 g/mol. The Labute approximate surface area is 130 Å². The van der Waals surface area contributed by atoms with E-state index in [1.54, 1.807) is 6.20 Å². The van der Waals surface area contributed by atoms with Crippen molar-refractivity contribution in [2.75, 3.05) is 12.8 Å². The number of nitrogen functional groups attached to an aromatic ring is 1. The van der Waals surface area contributed by atoms with Crippen LogP contribution in [-0.4, -0.2) is 18.1 Å². The van der Waals surface area contributed by atoms with Gasteiger partial charge < -0.3 is 10.5 Å².